The summed E-state index contributed by atoms with van der Waals surface area (Å²) in [6.45, 7) is 2.25. The Hall–Kier alpha value is -1.23. The Balaban J connectivity index is 2.68. The van der Waals surface area contributed by atoms with Gasteiger partial charge >= 0.3 is 6.18 Å². The van der Waals surface area contributed by atoms with Gasteiger partial charge in [0.1, 0.15) is 0 Å². The Kier molecular flexibility index (Phi) is 4.18. The second kappa shape index (κ2) is 5.21. The molecule has 1 atom stereocenters. The molecule has 0 spiro atoms. The van der Waals surface area contributed by atoms with E-state index < -0.39 is 11.7 Å². The molecule has 0 aromatic heterocycles. The third kappa shape index (κ3) is 3.73. The quantitative estimate of drug-likeness (QED) is 0.838. The molecule has 0 aliphatic heterocycles. The first-order valence-corrected chi connectivity index (χ1v) is 4.95. The molecule has 5 heteroatoms. The van der Waals surface area contributed by atoms with E-state index in [1.807, 2.05) is 0 Å². The molecule has 0 amide bonds. The standard InChI is InChI=1S/C11H14F3NO/c1-8(7-16)6-15-10-4-2-3-9(5-10)11(12,13)14/h2-5,8,15-16H,6-7H2,1H3. The van der Waals surface area contributed by atoms with E-state index in [9.17, 15) is 13.2 Å². The number of anilines is 1. The summed E-state index contributed by atoms with van der Waals surface area (Å²) >= 11 is 0. The molecule has 1 unspecified atom stereocenters. The van der Waals surface area contributed by atoms with Crippen molar-refractivity contribution in [2.24, 2.45) is 5.92 Å². The molecule has 0 fully saturated rings. The predicted octanol–water partition coefficient (Wildman–Crippen LogP) is 2.75. The van der Waals surface area contributed by atoms with Crippen LogP contribution in [0.5, 0.6) is 0 Å². The summed E-state index contributed by atoms with van der Waals surface area (Å²) in [6.07, 6.45) is -4.32. The predicted molar refractivity (Wildman–Crippen MR) is 56.2 cm³/mol. The molecule has 0 heterocycles. The lowest BCUT2D eigenvalue weighted by atomic mass is 10.1. The molecule has 0 bridgehead atoms. The van der Waals surface area contributed by atoms with Crippen LogP contribution in [0.2, 0.25) is 0 Å². The van der Waals surface area contributed by atoms with Gasteiger partial charge in [-0.3, -0.25) is 0 Å². The lowest BCUT2D eigenvalue weighted by Gasteiger charge is -2.12. The summed E-state index contributed by atoms with van der Waals surface area (Å²) in [5.74, 6) is 0.00884. The molecule has 0 aliphatic rings. The first-order chi connectivity index (χ1) is 7.43. The molecule has 0 saturated heterocycles. The van der Waals surface area contributed by atoms with E-state index in [1.54, 1.807) is 13.0 Å². The maximum atomic E-state index is 12.4. The van der Waals surface area contributed by atoms with Crippen molar-refractivity contribution in [3.8, 4) is 0 Å². The van der Waals surface area contributed by atoms with Gasteiger partial charge < -0.3 is 10.4 Å². The van der Waals surface area contributed by atoms with Gasteiger partial charge in [0.05, 0.1) is 5.56 Å². The highest BCUT2D eigenvalue weighted by atomic mass is 19.4. The van der Waals surface area contributed by atoms with Gasteiger partial charge in [-0.05, 0) is 24.1 Å². The van der Waals surface area contributed by atoms with Crippen LogP contribution in [0.4, 0.5) is 18.9 Å². The number of benzene rings is 1. The third-order valence-electron chi connectivity index (χ3n) is 2.16. The highest BCUT2D eigenvalue weighted by Crippen LogP contribution is 2.30. The zero-order valence-corrected chi connectivity index (χ0v) is 8.88. The molecule has 90 valence electrons. The van der Waals surface area contributed by atoms with Crippen LogP contribution in [0.25, 0.3) is 0 Å². The van der Waals surface area contributed by atoms with Crippen LogP contribution in [-0.2, 0) is 6.18 Å². The van der Waals surface area contributed by atoms with E-state index in [0.29, 0.717) is 12.2 Å². The number of aliphatic hydroxyl groups excluding tert-OH is 1. The van der Waals surface area contributed by atoms with Crippen molar-refractivity contribution in [2.75, 3.05) is 18.5 Å². The minimum Gasteiger partial charge on any atom is -0.396 e. The van der Waals surface area contributed by atoms with E-state index >= 15 is 0 Å². The fourth-order valence-corrected chi connectivity index (χ4v) is 1.16. The van der Waals surface area contributed by atoms with Crippen molar-refractivity contribution in [1.82, 2.24) is 0 Å². The average molecular weight is 233 g/mol. The molecule has 16 heavy (non-hydrogen) atoms. The average Bonchev–Trinajstić information content (AvgIpc) is 2.25. The first-order valence-electron chi connectivity index (χ1n) is 4.95. The Labute approximate surface area is 92.1 Å². The van der Waals surface area contributed by atoms with Gasteiger partial charge in [0.25, 0.3) is 0 Å². The number of alkyl halides is 3. The molecular weight excluding hydrogens is 219 g/mol. The number of rotatable bonds is 4. The van der Waals surface area contributed by atoms with Crippen molar-refractivity contribution in [1.29, 1.82) is 0 Å². The van der Waals surface area contributed by atoms with Crippen LogP contribution in [-0.4, -0.2) is 18.3 Å². The fourth-order valence-electron chi connectivity index (χ4n) is 1.16. The van der Waals surface area contributed by atoms with Crippen molar-refractivity contribution >= 4 is 5.69 Å². The number of halogens is 3. The maximum absolute atomic E-state index is 12.4. The summed E-state index contributed by atoms with van der Waals surface area (Å²) in [5, 5.41) is 11.6. The van der Waals surface area contributed by atoms with Gasteiger partial charge in [0.2, 0.25) is 0 Å². The van der Waals surface area contributed by atoms with Gasteiger partial charge in [-0.15, -0.1) is 0 Å². The third-order valence-corrected chi connectivity index (χ3v) is 2.16. The number of aliphatic hydroxyl groups is 1. The lowest BCUT2D eigenvalue weighted by Crippen LogP contribution is -2.15. The summed E-state index contributed by atoms with van der Waals surface area (Å²) < 4.78 is 37.1. The largest absolute Gasteiger partial charge is 0.416 e. The molecule has 1 aromatic carbocycles. The lowest BCUT2D eigenvalue weighted by molar-refractivity contribution is -0.137. The maximum Gasteiger partial charge on any atom is 0.416 e. The number of hydrogen-bond acceptors (Lipinski definition) is 2. The highest BCUT2D eigenvalue weighted by molar-refractivity contribution is 5.46. The van der Waals surface area contributed by atoms with E-state index in [0.717, 1.165) is 12.1 Å². The molecule has 1 rings (SSSR count). The van der Waals surface area contributed by atoms with E-state index in [4.69, 9.17) is 5.11 Å². The summed E-state index contributed by atoms with van der Waals surface area (Å²) in [6, 6.07) is 5.01. The molecular formula is C11H14F3NO. The summed E-state index contributed by atoms with van der Waals surface area (Å²) in [4.78, 5) is 0. The van der Waals surface area contributed by atoms with Crippen molar-refractivity contribution < 1.29 is 18.3 Å². The summed E-state index contributed by atoms with van der Waals surface area (Å²) in [5.41, 5.74) is -0.260. The van der Waals surface area contributed by atoms with Gasteiger partial charge in [-0.1, -0.05) is 13.0 Å². The van der Waals surface area contributed by atoms with E-state index in [-0.39, 0.29) is 12.5 Å². The first kappa shape index (κ1) is 12.8. The Morgan fingerprint density at radius 3 is 2.62 bits per heavy atom. The minimum absolute atomic E-state index is 0.00591. The van der Waals surface area contributed by atoms with Crippen molar-refractivity contribution in [2.45, 2.75) is 13.1 Å². The van der Waals surface area contributed by atoms with Gasteiger partial charge in [0, 0.05) is 18.8 Å². The molecule has 0 saturated carbocycles. The normalized spacial score (nSPS) is 13.6. The van der Waals surface area contributed by atoms with Crippen LogP contribution in [0.15, 0.2) is 24.3 Å². The second-order valence-corrected chi connectivity index (χ2v) is 3.75. The zero-order valence-electron chi connectivity index (χ0n) is 8.88. The highest BCUT2D eigenvalue weighted by Gasteiger charge is 2.30. The summed E-state index contributed by atoms with van der Waals surface area (Å²) in [7, 11) is 0. The smallest absolute Gasteiger partial charge is 0.396 e. The van der Waals surface area contributed by atoms with Crippen LogP contribution in [0, 0.1) is 5.92 Å². The molecule has 1 aromatic rings. The van der Waals surface area contributed by atoms with Crippen LogP contribution < -0.4 is 5.32 Å². The Bertz CT molecular complexity index is 338. The van der Waals surface area contributed by atoms with Gasteiger partial charge in [0.15, 0.2) is 0 Å². The molecule has 0 aliphatic carbocycles. The second-order valence-electron chi connectivity index (χ2n) is 3.75. The topological polar surface area (TPSA) is 32.3 Å². The number of hydrogen-bond donors (Lipinski definition) is 2. The SMILES string of the molecule is CC(CO)CNc1cccc(C(F)(F)F)c1. The van der Waals surface area contributed by atoms with Crippen molar-refractivity contribution in [3.05, 3.63) is 29.8 Å². The van der Waals surface area contributed by atoms with Crippen LogP contribution in [0.3, 0.4) is 0 Å². The van der Waals surface area contributed by atoms with Crippen molar-refractivity contribution in [3.63, 3.8) is 0 Å². The van der Waals surface area contributed by atoms with E-state index in [2.05, 4.69) is 5.32 Å². The zero-order chi connectivity index (χ0) is 12.2. The van der Waals surface area contributed by atoms with Crippen LogP contribution >= 0.6 is 0 Å². The van der Waals surface area contributed by atoms with E-state index in [1.165, 1.54) is 6.07 Å². The van der Waals surface area contributed by atoms with Gasteiger partial charge in [-0.2, -0.15) is 13.2 Å². The molecule has 2 nitrogen and oxygen atoms in total. The van der Waals surface area contributed by atoms with Gasteiger partial charge in [-0.25, -0.2) is 0 Å². The number of nitrogens with one attached hydrogen (secondary N) is 1. The molecule has 0 radical (unpaired) electrons. The fraction of sp³-hybridized carbons (Fsp3) is 0.455. The minimum atomic E-state index is -4.32. The Morgan fingerprint density at radius 1 is 1.38 bits per heavy atom. The monoisotopic (exact) mass is 233 g/mol. The van der Waals surface area contributed by atoms with Crippen LogP contribution in [0.1, 0.15) is 12.5 Å². The Morgan fingerprint density at radius 2 is 2.06 bits per heavy atom. The molecule has 2 N–H and O–H groups in total.